The molecule has 20 heavy (non-hydrogen) atoms. The van der Waals surface area contributed by atoms with E-state index in [9.17, 15) is 4.39 Å². The molecule has 1 N–H and O–H groups in total. The Morgan fingerprint density at radius 2 is 2.15 bits per heavy atom. The largest absolute Gasteiger partial charge is 0.488 e. The highest BCUT2D eigenvalue weighted by Gasteiger charge is 2.24. The van der Waals surface area contributed by atoms with Crippen molar-refractivity contribution in [1.82, 2.24) is 10.2 Å². The van der Waals surface area contributed by atoms with Crippen molar-refractivity contribution in [3.63, 3.8) is 0 Å². The summed E-state index contributed by atoms with van der Waals surface area (Å²) in [6.07, 6.45) is 0.927. The van der Waals surface area contributed by atoms with Crippen molar-refractivity contribution in [3.8, 4) is 5.75 Å². The van der Waals surface area contributed by atoms with Crippen molar-refractivity contribution < 1.29 is 9.13 Å². The number of nitrogens with one attached hydrogen (secondary N) is 1. The molecule has 0 aliphatic carbocycles. The van der Waals surface area contributed by atoms with Crippen molar-refractivity contribution in [2.75, 3.05) is 26.7 Å². The van der Waals surface area contributed by atoms with Gasteiger partial charge in [0.25, 0.3) is 0 Å². The van der Waals surface area contributed by atoms with Crippen molar-refractivity contribution in [1.29, 1.82) is 0 Å². The first kappa shape index (κ1) is 15.3. The van der Waals surface area contributed by atoms with E-state index in [1.165, 1.54) is 6.07 Å². The van der Waals surface area contributed by atoms with Crippen LogP contribution in [0.25, 0.3) is 0 Å². The number of rotatable bonds is 5. The van der Waals surface area contributed by atoms with Crippen LogP contribution in [-0.2, 0) is 6.42 Å². The second-order valence-corrected chi connectivity index (χ2v) is 6.64. The van der Waals surface area contributed by atoms with E-state index in [0.717, 1.165) is 37.4 Å². The zero-order chi connectivity index (χ0) is 14.8. The van der Waals surface area contributed by atoms with Crippen LogP contribution >= 0.6 is 0 Å². The average Bonchev–Trinajstić information content (AvgIpc) is 2.68. The molecule has 1 aliphatic heterocycles. The van der Waals surface area contributed by atoms with Crippen molar-refractivity contribution >= 4 is 0 Å². The predicted octanol–water partition coefficient (Wildman–Crippen LogP) is 2.45. The van der Waals surface area contributed by atoms with Gasteiger partial charge >= 0.3 is 0 Å². The summed E-state index contributed by atoms with van der Waals surface area (Å²) in [5.41, 5.74) is 1.13. The molecule has 0 radical (unpaired) electrons. The Balaban J connectivity index is 1.76. The van der Waals surface area contributed by atoms with E-state index in [1.54, 1.807) is 12.1 Å². The van der Waals surface area contributed by atoms with Crippen LogP contribution in [0.5, 0.6) is 5.75 Å². The fraction of sp³-hybridized carbons (Fsp3) is 0.625. The van der Waals surface area contributed by atoms with Gasteiger partial charge in [-0.25, -0.2) is 4.39 Å². The van der Waals surface area contributed by atoms with Crippen molar-refractivity contribution in [3.05, 3.63) is 29.6 Å². The Labute approximate surface area is 121 Å². The third-order valence-corrected chi connectivity index (χ3v) is 3.43. The molecule has 1 aliphatic rings. The minimum atomic E-state index is -0.185. The van der Waals surface area contributed by atoms with Crippen LogP contribution in [0.3, 0.4) is 0 Å². The molecule has 0 bridgehead atoms. The van der Waals surface area contributed by atoms with Crippen LogP contribution in [0, 0.1) is 5.82 Å². The quantitative estimate of drug-likeness (QED) is 0.896. The van der Waals surface area contributed by atoms with E-state index in [2.05, 4.69) is 38.0 Å². The average molecular weight is 280 g/mol. The summed E-state index contributed by atoms with van der Waals surface area (Å²) in [5.74, 6) is 0.647. The first-order chi connectivity index (χ1) is 9.33. The summed E-state index contributed by atoms with van der Waals surface area (Å²) >= 11 is 0. The van der Waals surface area contributed by atoms with Crippen LogP contribution in [0.15, 0.2) is 18.2 Å². The van der Waals surface area contributed by atoms with E-state index in [0.29, 0.717) is 0 Å². The molecule has 1 atom stereocenters. The normalized spacial score (nSPS) is 18.2. The van der Waals surface area contributed by atoms with Crippen LogP contribution in [-0.4, -0.2) is 43.2 Å². The lowest BCUT2D eigenvalue weighted by Crippen LogP contribution is -2.42. The highest BCUT2D eigenvalue weighted by atomic mass is 19.1. The summed E-state index contributed by atoms with van der Waals surface area (Å²) in [4.78, 5) is 2.26. The van der Waals surface area contributed by atoms with E-state index in [1.807, 2.05) is 0 Å². The smallest absolute Gasteiger partial charge is 0.123 e. The fourth-order valence-corrected chi connectivity index (χ4v) is 2.45. The molecule has 1 aromatic rings. The van der Waals surface area contributed by atoms with Crippen LogP contribution in [0.2, 0.25) is 0 Å². The lowest BCUT2D eigenvalue weighted by Gasteiger charge is -2.25. The van der Waals surface area contributed by atoms with Crippen LogP contribution in [0.1, 0.15) is 26.3 Å². The molecule has 2 rings (SSSR count). The lowest BCUT2D eigenvalue weighted by molar-refractivity contribution is 0.167. The van der Waals surface area contributed by atoms with Gasteiger partial charge in [0.1, 0.15) is 17.7 Å². The minimum absolute atomic E-state index is 0.131. The van der Waals surface area contributed by atoms with Crippen LogP contribution < -0.4 is 10.1 Å². The standard InChI is InChI=1S/C16H25FN2O/c1-16(2,3)18-7-8-19(4)11-14-10-12-9-13(17)5-6-15(12)20-14/h5-6,9,14,18H,7-8,10-11H2,1-4H3. The van der Waals surface area contributed by atoms with E-state index < -0.39 is 0 Å². The summed E-state index contributed by atoms with van der Waals surface area (Å²) < 4.78 is 19.0. The lowest BCUT2D eigenvalue weighted by atomic mass is 10.1. The molecule has 0 aromatic heterocycles. The third-order valence-electron chi connectivity index (χ3n) is 3.43. The number of hydrogen-bond acceptors (Lipinski definition) is 3. The molecule has 0 amide bonds. The number of halogens is 1. The Kier molecular flexibility index (Phi) is 4.66. The van der Waals surface area contributed by atoms with E-state index in [4.69, 9.17) is 4.74 Å². The SMILES string of the molecule is CN(CCNC(C)(C)C)CC1Cc2cc(F)ccc2O1. The Hall–Kier alpha value is -1.13. The third kappa shape index (κ3) is 4.46. The molecule has 0 fully saturated rings. The van der Waals surface area contributed by atoms with Gasteiger partial charge in [-0.1, -0.05) is 0 Å². The van der Waals surface area contributed by atoms with Gasteiger partial charge < -0.3 is 15.0 Å². The number of nitrogens with zero attached hydrogens (tertiary/aromatic N) is 1. The molecule has 0 saturated heterocycles. The molecule has 1 aromatic carbocycles. The maximum atomic E-state index is 13.2. The zero-order valence-electron chi connectivity index (χ0n) is 12.9. The minimum Gasteiger partial charge on any atom is -0.488 e. The summed E-state index contributed by atoms with van der Waals surface area (Å²) in [5, 5.41) is 3.47. The van der Waals surface area contributed by atoms with Gasteiger partial charge in [-0.05, 0) is 46.0 Å². The van der Waals surface area contributed by atoms with E-state index >= 15 is 0 Å². The molecule has 1 unspecified atom stereocenters. The maximum absolute atomic E-state index is 13.2. The molecule has 1 heterocycles. The maximum Gasteiger partial charge on any atom is 0.123 e. The molecular formula is C16H25FN2O. The number of ether oxygens (including phenoxy) is 1. The summed E-state index contributed by atoms with van der Waals surface area (Å²) in [6, 6.07) is 4.76. The number of likely N-dealkylation sites (N-methyl/N-ethyl adjacent to an activating group) is 1. The Bertz CT molecular complexity index is 456. The van der Waals surface area contributed by atoms with Gasteiger partial charge in [0.05, 0.1) is 0 Å². The topological polar surface area (TPSA) is 24.5 Å². The summed E-state index contributed by atoms with van der Waals surface area (Å²) in [7, 11) is 2.09. The molecular weight excluding hydrogens is 255 g/mol. The van der Waals surface area contributed by atoms with Crippen molar-refractivity contribution in [2.45, 2.75) is 38.8 Å². The van der Waals surface area contributed by atoms with E-state index in [-0.39, 0.29) is 17.5 Å². The molecule has 112 valence electrons. The molecule has 0 saturated carbocycles. The molecule has 3 nitrogen and oxygen atoms in total. The van der Waals surface area contributed by atoms with Gasteiger partial charge in [-0.2, -0.15) is 0 Å². The first-order valence-electron chi connectivity index (χ1n) is 7.22. The zero-order valence-corrected chi connectivity index (χ0v) is 12.9. The Morgan fingerprint density at radius 1 is 1.40 bits per heavy atom. The number of fused-ring (bicyclic) bond motifs is 1. The van der Waals surface area contributed by atoms with Gasteiger partial charge in [-0.3, -0.25) is 0 Å². The van der Waals surface area contributed by atoms with Crippen LogP contribution in [0.4, 0.5) is 4.39 Å². The summed E-state index contributed by atoms with van der Waals surface area (Å²) in [6.45, 7) is 9.28. The second kappa shape index (κ2) is 6.10. The van der Waals surface area contributed by atoms with Gasteiger partial charge in [-0.15, -0.1) is 0 Å². The highest BCUT2D eigenvalue weighted by Crippen LogP contribution is 2.29. The molecule has 4 heteroatoms. The van der Waals surface area contributed by atoms with Gasteiger partial charge in [0.2, 0.25) is 0 Å². The van der Waals surface area contributed by atoms with Crippen molar-refractivity contribution in [2.24, 2.45) is 0 Å². The number of benzene rings is 1. The van der Waals surface area contributed by atoms with Gasteiger partial charge in [0.15, 0.2) is 0 Å². The predicted molar refractivity (Wildman–Crippen MR) is 79.8 cm³/mol. The fourth-order valence-electron chi connectivity index (χ4n) is 2.45. The highest BCUT2D eigenvalue weighted by molar-refractivity contribution is 5.37. The van der Waals surface area contributed by atoms with Gasteiger partial charge in [0, 0.05) is 37.2 Å². The second-order valence-electron chi connectivity index (χ2n) is 6.64. The monoisotopic (exact) mass is 280 g/mol. The number of hydrogen-bond donors (Lipinski definition) is 1. The Morgan fingerprint density at radius 3 is 2.85 bits per heavy atom. The first-order valence-corrected chi connectivity index (χ1v) is 7.22. The molecule has 0 spiro atoms.